The molecule has 6 nitrogen and oxygen atoms in total. The summed E-state index contributed by atoms with van der Waals surface area (Å²) in [4.78, 5) is 23.9. The average molecular weight is 389 g/mol. The maximum absolute atomic E-state index is 12.5. The molecule has 0 spiro atoms. The predicted molar refractivity (Wildman–Crippen MR) is 104 cm³/mol. The van der Waals surface area contributed by atoms with Crippen LogP contribution < -0.4 is 5.32 Å². The highest BCUT2D eigenvalue weighted by atomic mass is 32.2. The number of aromatic carboxylic acids is 1. The Balaban J connectivity index is 2.22. The predicted octanol–water partition coefficient (Wildman–Crippen LogP) is 3.83. The minimum Gasteiger partial charge on any atom is -0.478 e. The molecule has 0 fully saturated rings. The van der Waals surface area contributed by atoms with E-state index in [0.717, 1.165) is 12.0 Å². The number of unbranched alkanes of at least 4 members (excludes halogenated alkanes) is 1. The number of hydrogen-bond donors (Lipinski definition) is 2. The Labute approximate surface area is 159 Å². The molecular formula is C20H23NO5S. The number of carbonyl (C=O) groups is 2. The monoisotopic (exact) mass is 389 g/mol. The van der Waals surface area contributed by atoms with Gasteiger partial charge in [0.15, 0.2) is 9.84 Å². The smallest absolute Gasteiger partial charge is 0.336 e. The van der Waals surface area contributed by atoms with E-state index in [2.05, 4.69) is 5.32 Å². The van der Waals surface area contributed by atoms with Crippen LogP contribution in [0.3, 0.4) is 0 Å². The first-order valence-electron chi connectivity index (χ1n) is 8.64. The van der Waals surface area contributed by atoms with Crippen LogP contribution in [0.1, 0.15) is 51.6 Å². The van der Waals surface area contributed by atoms with E-state index >= 15 is 0 Å². The maximum atomic E-state index is 12.5. The first-order valence-corrected chi connectivity index (χ1v) is 10.3. The minimum atomic E-state index is -3.35. The lowest BCUT2D eigenvalue weighted by Gasteiger charge is -2.12. The highest BCUT2D eigenvalue weighted by Gasteiger charge is 2.16. The van der Waals surface area contributed by atoms with Gasteiger partial charge in [-0.05, 0) is 61.7 Å². The molecule has 2 aromatic rings. The molecule has 144 valence electrons. The molecule has 7 heteroatoms. The zero-order valence-electron chi connectivity index (χ0n) is 15.6. The highest BCUT2D eigenvalue weighted by Crippen LogP contribution is 2.22. The van der Waals surface area contributed by atoms with Crippen molar-refractivity contribution in [2.75, 3.05) is 11.1 Å². The van der Waals surface area contributed by atoms with Crippen LogP contribution in [-0.2, 0) is 9.84 Å². The SMILES string of the molecule is CCCCS(=O)(=O)c1ccc(C(=O)Nc2cc(C(=O)O)c(C)cc2C)cc1. The molecule has 0 aromatic heterocycles. The van der Waals surface area contributed by atoms with E-state index in [1.165, 1.54) is 30.3 Å². The number of carboxylic acid groups (broad SMARTS) is 1. The zero-order chi connectivity index (χ0) is 20.2. The lowest BCUT2D eigenvalue weighted by Crippen LogP contribution is -2.14. The molecule has 2 rings (SSSR count). The number of sulfone groups is 1. The van der Waals surface area contributed by atoms with E-state index in [-0.39, 0.29) is 16.2 Å². The molecular weight excluding hydrogens is 366 g/mol. The van der Waals surface area contributed by atoms with E-state index in [9.17, 15) is 23.1 Å². The number of aryl methyl sites for hydroxylation is 2. The summed E-state index contributed by atoms with van der Waals surface area (Å²) in [7, 11) is -3.35. The Morgan fingerprint density at radius 3 is 2.22 bits per heavy atom. The van der Waals surface area contributed by atoms with Gasteiger partial charge in [-0.3, -0.25) is 4.79 Å². The molecule has 0 atom stereocenters. The van der Waals surface area contributed by atoms with Crippen LogP contribution in [-0.4, -0.2) is 31.2 Å². The van der Waals surface area contributed by atoms with Crippen molar-refractivity contribution in [3.05, 3.63) is 58.7 Å². The van der Waals surface area contributed by atoms with E-state index < -0.39 is 21.7 Å². The van der Waals surface area contributed by atoms with Crippen LogP contribution in [0, 0.1) is 13.8 Å². The van der Waals surface area contributed by atoms with E-state index in [0.29, 0.717) is 23.2 Å². The van der Waals surface area contributed by atoms with Gasteiger partial charge in [0.05, 0.1) is 16.2 Å². The Morgan fingerprint density at radius 2 is 1.67 bits per heavy atom. The van der Waals surface area contributed by atoms with Gasteiger partial charge in [0.25, 0.3) is 5.91 Å². The third-order valence-electron chi connectivity index (χ3n) is 4.29. The summed E-state index contributed by atoms with van der Waals surface area (Å²) in [5.74, 6) is -1.42. The van der Waals surface area contributed by atoms with Crippen molar-refractivity contribution >= 4 is 27.4 Å². The summed E-state index contributed by atoms with van der Waals surface area (Å²) in [6.07, 6.45) is 1.37. The van der Waals surface area contributed by atoms with Crippen molar-refractivity contribution in [2.24, 2.45) is 0 Å². The van der Waals surface area contributed by atoms with Crippen LogP contribution >= 0.6 is 0 Å². The summed E-state index contributed by atoms with van der Waals surface area (Å²) in [5, 5.41) is 11.9. The number of amides is 1. The standard InChI is InChI=1S/C20H23NO5S/c1-4-5-10-27(25,26)16-8-6-15(7-9-16)19(22)21-18-12-17(20(23)24)13(2)11-14(18)3/h6-9,11-12H,4-5,10H2,1-3H3,(H,21,22)(H,23,24). The number of carboxylic acids is 1. The summed E-state index contributed by atoms with van der Waals surface area (Å²) >= 11 is 0. The molecule has 0 saturated heterocycles. The van der Waals surface area contributed by atoms with Crippen molar-refractivity contribution in [2.45, 2.75) is 38.5 Å². The largest absolute Gasteiger partial charge is 0.478 e. The highest BCUT2D eigenvalue weighted by molar-refractivity contribution is 7.91. The molecule has 0 radical (unpaired) electrons. The summed E-state index contributed by atoms with van der Waals surface area (Å²) < 4.78 is 24.4. The summed E-state index contributed by atoms with van der Waals surface area (Å²) in [5.41, 5.74) is 2.17. The Hall–Kier alpha value is -2.67. The second kappa shape index (κ2) is 8.35. The van der Waals surface area contributed by atoms with Crippen molar-refractivity contribution in [3.8, 4) is 0 Å². The lowest BCUT2D eigenvalue weighted by atomic mass is 10.0. The van der Waals surface area contributed by atoms with Crippen molar-refractivity contribution in [1.29, 1.82) is 0 Å². The van der Waals surface area contributed by atoms with Crippen LogP contribution in [0.4, 0.5) is 5.69 Å². The minimum absolute atomic E-state index is 0.0789. The van der Waals surface area contributed by atoms with Crippen LogP contribution in [0.15, 0.2) is 41.3 Å². The second-order valence-corrected chi connectivity index (χ2v) is 8.55. The molecule has 0 saturated carbocycles. The Bertz CT molecular complexity index is 963. The summed E-state index contributed by atoms with van der Waals surface area (Å²) in [6.45, 7) is 5.39. The second-order valence-electron chi connectivity index (χ2n) is 6.44. The van der Waals surface area contributed by atoms with Gasteiger partial charge in [0.2, 0.25) is 0 Å². The molecule has 0 unspecified atom stereocenters. The number of anilines is 1. The zero-order valence-corrected chi connectivity index (χ0v) is 16.4. The van der Waals surface area contributed by atoms with Crippen molar-refractivity contribution in [1.82, 2.24) is 0 Å². The number of hydrogen-bond acceptors (Lipinski definition) is 4. The quantitative estimate of drug-likeness (QED) is 0.749. The molecule has 27 heavy (non-hydrogen) atoms. The number of carbonyl (C=O) groups excluding carboxylic acids is 1. The number of nitrogens with one attached hydrogen (secondary N) is 1. The molecule has 2 N–H and O–H groups in total. The van der Waals surface area contributed by atoms with Crippen molar-refractivity contribution < 1.29 is 23.1 Å². The molecule has 0 aliphatic carbocycles. The van der Waals surface area contributed by atoms with Gasteiger partial charge < -0.3 is 10.4 Å². The maximum Gasteiger partial charge on any atom is 0.336 e. The molecule has 0 bridgehead atoms. The van der Waals surface area contributed by atoms with Gasteiger partial charge in [0, 0.05) is 11.3 Å². The Kier molecular flexibility index (Phi) is 6.38. The average Bonchev–Trinajstić information content (AvgIpc) is 2.62. The molecule has 0 aliphatic heterocycles. The van der Waals surface area contributed by atoms with Crippen LogP contribution in [0.2, 0.25) is 0 Å². The third-order valence-corrected chi connectivity index (χ3v) is 6.11. The van der Waals surface area contributed by atoms with Gasteiger partial charge in [-0.25, -0.2) is 13.2 Å². The Morgan fingerprint density at radius 1 is 1.04 bits per heavy atom. The fourth-order valence-electron chi connectivity index (χ4n) is 2.68. The van der Waals surface area contributed by atoms with Gasteiger partial charge in [0.1, 0.15) is 0 Å². The number of rotatable bonds is 7. The van der Waals surface area contributed by atoms with E-state index in [4.69, 9.17) is 0 Å². The third kappa shape index (κ3) is 4.95. The first kappa shape index (κ1) is 20.6. The van der Waals surface area contributed by atoms with Gasteiger partial charge in [-0.1, -0.05) is 19.4 Å². The lowest BCUT2D eigenvalue weighted by molar-refractivity contribution is 0.0695. The molecule has 1 amide bonds. The van der Waals surface area contributed by atoms with Crippen molar-refractivity contribution in [3.63, 3.8) is 0 Å². The molecule has 0 aliphatic rings. The molecule has 2 aromatic carbocycles. The van der Waals surface area contributed by atoms with Gasteiger partial charge in [-0.2, -0.15) is 0 Å². The fourth-order valence-corrected chi connectivity index (χ4v) is 4.13. The van der Waals surface area contributed by atoms with Gasteiger partial charge >= 0.3 is 5.97 Å². The normalized spacial score (nSPS) is 11.2. The van der Waals surface area contributed by atoms with Crippen LogP contribution in [0.5, 0.6) is 0 Å². The number of benzene rings is 2. The van der Waals surface area contributed by atoms with Gasteiger partial charge in [-0.15, -0.1) is 0 Å². The van der Waals surface area contributed by atoms with E-state index in [1.807, 2.05) is 6.92 Å². The summed E-state index contributed by atoms with van der Waals surface area (Å²) in [6, 6.07) is 8.87. The fraction of sp³-hybridized carbons (Fsp3) is 0.300. The topological polar surface area (TPSA) is 101 Å². The van der Waals surface area contributed by atoms with Crippen LogP contribution in [0.25, 0.3) is 0 Å². The molecule has 0 heterocycles. The first-order chi connectivity index (χ1) is 12.7. The van der Waals surface area contributed by atoms with E-state index in [1.54, 1.807) is 19.9 Å².